The highest BCUT2D eigenvalue weighted by atomic mass is 16.5. The molecule has 0 spiro atoms. The molecule has 156 valence electrons. The van der Waals surface area contributed by atoms with Crippen molar-refractivity contribution >= 4 is 16.7 Å². The summed E-state index contributed by atoms with van der Waals surface area (Å²) in [7, 11) is 1.40. The van der Waals surface area contributed by atoms with Gasteiger partial charge in [-0.3, -0.25) is 0 Å². The van der Waals surface area contributed by atoms with Gasteiger partial charge in [0.2, 0.25) is 0 Å². The van der Waals surface area contributed by atoms with Crippen LogP contribution in [0.3, 0.4) is 0 Å². The fraction of sp³-hybridized carbons (Fsp3) is 0.385. The lowest BCUT2D eigenvalue weighted by atomic mass is 9.97. The molecular formula is C26H29NO3. The highest BCUT2D eigenvalue weighted by molar-refractivity contribution is 5.94. The van der Waals surface area contributed by atoms with Crippen molar-refractivity contribution in [1.29, 1.82) is 0 Å². The number of pyridine rings is 1. The van der Waals surface area contributed by atoms with E-state index in [1.54, 1.807) is 6.07 Å². The smallest absolute Gasteiger partial charge is 0.356 e. The van der Waals surface area contributed by atoms with E-state index >= 15 is 0 Å². The standard InChI is InChI=1S/C26H29NO3/c1-17(2)19-8-11-21(12-9-19)30-22-13-10-20-15-25(26(28)29-3)27-24(23(20)16-22)14-18-6-4-5-7-18/h8-13,15-18H,4-7,14H2,1-3H3. The van der Waals surface area contributed by atoms with Gasteiger partial charge in [-0.2, -0.15) is 0 Å². The number of ether oxygens (including phenoxy) is 2. The van der Waals surface area contributed by atoms with E-state index in [2.05, 4.69) is 31.0 Å². The maximum absolute atomic E-state index is 12.1. The Morgan fingerprint density at radius 3 is 2.40 bits per heavy atom. The molecule has 2 aromatic carbocycles. The maximum atomic E-state index is 12.1. The maximum Gasteiger partial charge on any atom is 0.356 e. The van der Waals surface area contributed by atoms with Gasteiger partial charge in [-0.1, -0.05) is 57.7 Å². The highest BCUT2D eigenvalue weighted by Crippen LogP contribution is 2.33. The third-order valence-electron chi connectivity index (χ3n) is 6.02. The minimum Gasteiger partial charge on any atom is -0.464 e. The van der Waals surface area contributed by atoms with Crippen molar-refractivity contribution < 1.29 is 14.3 Å². The van der Waals surface area contributed by atoms with Crippen molar-refractivity contribution in [1.82, 2.24) is 4.98 Å². The highest BCUT2D eigenvalue weighted by Gasteiger charge is 2.20. The van der Waals surface area contributed by atoms with Gasteiger partial charge in [0.05, 0.1) is 7.11 Å². The molecule has 1 aromatic heterocycles. The van der Waals surface area contributed by atoms with Gasteiger partial charge in [0.25, 0.3) is 0 Å². The zero-order valence-corrected chi connectivity index (χ0v) is 18.0. The van der Waals surface area contributed by atoms with E-state index in [-0.39, 0.29) is 0 Å². The number of benzene rings is 2. The molecule has 1 heterocycles. The number of fused-ring (bicyclic) bond motifs is 1. The molecule has 1 aliphatic carbocycles. The van der Waals surface area contributed by atoms with Crippen molar-refractivity contribution in [3.05, 3.63) is 65.5 Å². The lowest BCUT2D eigenvalue weighted by molar-refractivity contribution is 0.0594. The SMILES string of the molecule is COC(=O)c1cc2ccc(Oc3ccc(C(C)C)cc3)cc2c(CC2CCCC2)n1. The van der Waals surface area contributed by atoms with E-state index in [1.807, 2.05) is 30.3 Å². The zero-order valence-electron chi connectivity index (χ0n) is 18.0. The number of hydrogen-bond acceptors (Lipinski definition) is 4. The number of aromatic nitrogens is 1. The van der Waals surface area contributed by atoms with E-state index in [0.29, 0.717) is 17.5 Å². The summed E-state index contributed by atoms with van der Waals surface area (Å²) in [6.45, 7) is 4.36. The number of carbonyl (C=O) groups is 1. The second-order valence-corrected chi connectivity index (χ2v) is 8.51. The monoisotopic (exact) mass is 403 g/mol. The average Bonchev–Trinajstić information content (AvgIpc) is 3.26. The molecule has 4 rings (SSSR count). The lowest BCUT2D eigenvalue weighted by Crippen LogP contribution is -2.09. The Morgan fingerprint density at radius 1 is 1.03 bits per heavy atom. The molecule has 30 heavy (non-hydrogen) atoms. The summed E-state index contributed by atoms with van der Waals surface area (Å²) in [5, 5.41) is 2.03. The van der Waals surface area contributed by atoms with Crippen molar-refractivity contribution in [3.8, 4) is 11.5 Å². The Hall–Kier alpha value is -2.88. The summed E-state index contributed by atoms with van der Waals surface area (Å²) in [4.78, 5) is 16.8. The van der Waals surface area contributed by atoms with Crippen LogP contribution in [-0.4, -0.2) is 18.1 Å². The van der Waals surface area contributed by atoms with Gasteiger partial charge >= 0.3 is 5.97 Å². The fourth-order valence-electron chi connectivity index (χ4n) is 4.27. The van der Waals surface area contributed by atoms with Crippen LogP contribution < -0.4 is 4.74 Å². The average molecular weight is 404 g/mol. The third kappa shape index (κ3) is 4.48. The summed E-state index contributed by atoms with van der Waals surface area (Å²) < 4.78 is 11.0. The first-order valence-corrected chi connectivity index (χ1v) is 10.8. The molecular weight excluding hydrogens is 374 g/mol. The molecule has 1 saturated carbocycles. The Morgan fingerprint density at radius 2 is 1.73 bits per heavy atom. The molecule has 0 radical (unpaired) electrons. The van der Waals surface area contributed by atoms with Gasteiger partial charge in [-0.15, -0.1) is 0 Å². The van der Waals surface area contributed by atoms with E-state index in [9.17, 15) is 4.79 Å². The normalized spacial score (nSPS) is 14.4. The zero-order chi connectivity index (χ0) is 21.1. The van der Waals surface area contributed by atoms with E-state index in [4.69, 9.17) is 9.47 Å². The first-order valence-electron chi connectivity index (χ1n) is 10.8. The lowest BCUT2D eigenvalue weighted by Gasteiger charge is -2.14. The van der Waals surface area contributed by atoms with Crippen molar-refractivity contribution in [2.75, 3.05) is 7.11 Å². The number of hydrogen-bond donors (Lipinski definition) is 0. The van der Waals surface area contributed by atoms with Crippen LogP contribution in [0.1, 0.15) is 67.2 Å². The van der Waals surface area contributed by atoms with Gasteiger partial charge in [0, 0.05) is 11.1 Å². The van der Waals surface area contributed by atoms with Gasteiger partial charge in [-0.25, -0.2) is 9.78 Å². The first-order chi connectivity index (χ1) is 14.5. The van der Waals surface area contributed by atoms with Crippen molar-refractivity contribution in [3.63, 3.8) is 0 Å². The number of esters is 1. The largest absolute Gasteiger partial charge is 0.464 e. The van der Waals surface area contributed by atoms with Crippen LogP contribution in [0.2, 0.25) is 0 Å². The second-order valence-electron chi connectivity index (χ2n) is 8.51. The molecule has 1 aliphatic rings. The number of rotatable bonds is 6. The Balaban J connectivity index is 1.67. The van der Waals surface area contributed by atoms with Gasteiger partial charge in [-0.05, 0) is 59.5 Å². The number of nitrogens with zero attached hydrogens (tertiary/aromatic N) is 1. The minimum absolute atomic E-state index is 0.371. The molecule has 0 N–H and O–H groups in total. The van der Waals surface area contributed by atoms with E-state index in [1.165, 1.54) is 38.4 Å². The van der Waals surface area contributed by atoms with Crippen LogP contribution in [-0.2, 0) is 11.2 Å². The fourth-order valence-corrected chi connectivity index (χ4v) is 4.27. The predicted molar refractivity (Wildman–Crippen MR) is 119 cm³/mol. The summed E-state index contributed by atoms with van der Waals surface area (Å²) >= 11 is 0. The molecule has 0 amide bonds. The van der Waals surface area contributed by atoms with Crippen LogP contribution in [0.25, 0.3) is 10.8 Å². The molecule has 0 saturated heterocycles. The Bertz CT molecular complexity index is 1030. The predicted octanol–water partition coefficient (Wildman–Crippen LogP) is 6.67. The molecule has 0 atom stereocenters. The summed E-state index contributed by atoms with van der Waals surface area (Å²) in [6.07, 6.45) is 5.89. The van der Waals surface area contributed by atoms with Gasteiger partial charge in [0.1, 0.15) is 17.2 Å². The van der Waals surface area contributed by atoms with Crippen LogP contribution in [0, 0.1) is 5.92 Å². The van der Waals surface area contributed by atoms with Crippen molar-refractivity contribution in [2.24, 2.45) is 5.92 Å². The van der Waals surface area contributed by atoms with Crippen LogP contribution in [0.5, 0.6) is 11.5 Å². The molecule has 1 fully saturated rings. The number of carbonyl (C=O) groups excluding carboxylic acids is 1. The Labute approximate surface area is 178 Å². The number of methoxy groups -OCH3 is 1. The van der Waals surface area contributed by atoms with Crippen LogP contribution >= 0.6 is 0 Å². The molecule has 4 nitrogen and oxygen atoms in total. The summed E-state index contributed by atoms with van der Waals surface area (Å²) in [6, 6.07) is 16.0. The van der Waals surface area contributed by atoms with Gasteiger partial charge in [0.15, 0.2) is 0 Å². The molecule has 0 aliphatic heterocycles. The third-order valence-corrected chi connectivity index (χ3v) is 6.02. The topological polar surface area (TPSA) is 48.4 Å². The Kier molecular flexibility index (Phi) is 6.03. The molecule has 0 bridgehead atoms. The molecule has 4 heteroatoms. The molecule has 3 aromatic rings. The summed E-state index contributed by atoms with van der Waals surface area (Å²) in [5.74, 6) is 2.32. The molecule has 0 unspecified atom stereocenters. The van der Waals surface area contributed by atoms with Crippen LogP contribution in [0.4, 0.5) is 0 Å². The minimum atomic E-state index is -0.393. The summed E-state index contributed by atoms with van der Waals surface area (Å²) in [5.41, 5.74) is 2.62. The van der Waals surface area contributed by atoms with Crippen LogP contribution in [0.15, 0.2) is 48.5 Å². The van der Waals surface area contributed by atoms with E-state index in [0.717, 1.165) is 34.4 Å². The first kappa shape index (κ1) is 20.4. The second kappa shape index (κ2) is 8.86. The van der Waals surface area contributed by atoms with Gasteiger partial charge < -0.3 is 9.47 Å². The van der Waals surface area contributed by atoms with Crippen molar-refractivity contribution in [2.45, 2.75) is 51.9 Å². The quantitative estimate of drug-likeness (QED) is 0.431. The van der Waals surface area contributed by atoms with E-state index < -0.39 is 5.97 Å².